The van der Waals surface area contributed by atoms with Crippen LogP contribution in [0.4, 0.5) is 0 Å². The van der Waals surface area contributed by atoms with Gasteiger partial charge in [0, 0.05) is 31.2 Å². The first-order valence-corrected chi connectivity index (χ1v) is 10.4. The lowest BCUT2D eigenvalue weighted by Crippen LogP contribution is -2.43. The molecule has 0 spiro atoms. The fourth-order valence-electron chi connectivity index (χ4n) is 3.56. The maximum absolute atomic E-state index is 5.62. The lowest BCUT2D eigenvalue weighted by Gasteiger charge is -2.30. The van der Waals surface area contributed by atoms with Crippen LogP contribution in [0.5, 0.6) is 0 Å². The van der Waals surface area contributed by atoms with E-state index >= 15 is 0 Å². The van der Waals surface area contributed by atoms with Gasteiger partial charge < -0.3 is 15.4 Å². The van der Waals surface area contributed by atoms with E-state index in [1.165, 1.54) is 30.6 Å². The van der Waals surface area contributed by atoms with Crippen LogP contribution in [0.2, 0.25) is 0 Å². The van der Waals surface area contributed by atoms with Gasteiger partial charge in [-0.3, -0.25) is 0 Å². The summed E-state index contributed by atoms with van der Waals surface area (Å²) in [6, 6.07) is 0. The number of thiazole rings is 1. The molecule has 1 aliphatic carbocycles. The van der Waals surface area contributed by atoms with Crippen LogP contribution >= 0.6 is 35.3 Å². The summed E-state index contributed by atoms with van der Waals surface area (Å²) in [7, 11) is 0. The molecule has 0 saturated heterocycles. The number of nitrogens with zero attached hydrogens (tertiary/aromatic N) is 2. The highest BCUT2D eigenvalue weighted by molar-refractivity contribution is 14.0. The monoisotopic (exact) mass is 494 g/mol. The largest absolute Gasteiger partial charge is 0.382 e. The number of aromatic nitrogens is 1. The number of aryl methyl sites for hydroxylation is 2. The zero-order chi connectivity index (χ0) is 18.1. The van der Waals surface area contributed by atoms with Crippen LogP contribution in [0.3, 0.4) is 0 Å². The Labute approximate surface area is 179 Å². The van der Waals surface area contributed by atoms with E-state index in [2.05, 4.69) is 43.3 Å². The molecular formula is C19H35IN4OS. The topological polar surface area (TPSA) is 58.5 Å². The molecule has 2 N–H and O–H groups in total. The Balaban J connectivity index is 0.00000338. The van der Waals surface area contributed by atoms with Crippen molar-refractivity contribution in [3.63, 3.8) is 0 Å². The number of guanidine groups is 1. The fourth-order valence-corrected chi connectivity index (χ4v) is 4.42. The Kier molecular flexibility index (Phi) is 11.0. The summed E-state index contributed by atoms with van der Waals surface area (Å²) in [4.78, 5) is 10.5. The minimum atomic E-state index is 0. The van der Waals surface area contributed by atoms with Crippen molar-refractivity contribution in [1.29, 1.82) is 0 Å². The highest BCUT2D eigenvalue weighted by atomic mass is 127. The highest BCUT2D eigenvalue weighted by Crippen LogP contribution is 2.40. The Bertz CT molecular complexity index is 556. The van der Waals surface area contributed by atoms with Crippen molar-refractivity contribution in [2.75, 3.05) is 26.3 Å². The smallest absolute Gasteiger partial charge is 0.191 e. The van der Waals surface area contributed by atoms with Crippen LogP contribution in [-0.4, -0.2) is 37.2 Å². The molecule has 0 aliphatic heterocycles. The molecule has 0 atom stereocenters. The molecule has 7 heteroatoms. The van der Waals surface area contributed by atoms with Crippen LogP contribution in [0, 0.1) is 19.3 Å². The highest BCUT2D eigenvalue weighted by Gasteiger charge is 2.33. The van der Waals surface area contributed by atoms with Crippen LogP contribution in [0.1, 0.15) is 61.5 Å². The Morgan fingerprint density at radius 1 is 1.23 bits per heavy atom. The first-order valence-electron chi connectivity index (χ1n) is 9.61. The lowest BCUT2D eigenvalue weighted by molar-refractivity contribution is 0.105. The molecule has 1 aromatic heterocycles. The van der Waals surface area contributed by atoms with Gasteiger partial charge in [-0.2, -0.15) is 0 Å². The Hall–Kier alpha value is -0.410. The van der Waals surface area contributed by atoms with Crippen molar-refractivity contribution in [3.05, 3.63) is 15.6 Å². The molecule has 150 valence electrons. The first kappa shape index (κ1) is 23.6. The van der Waals surface area contributed by atoms with Crippen LogP contribution < -0.4 is 10.6 Å². The summed E-state index contributed by atoms with van der Waals surface area (Å²) in [5, 5.41) is 8.09. The maximum Gasteiger partial charge on any atom is 0.191 e. The van der Waals surface area contributed by atoms with Gasteiger partial charge >= 0.3 is 0 Å². The molecule has 0 bridgehead atoms. The van der Waals surface area contributed by atoms with E-state index in [1.807, 2.05) is 0 Å². The second-order valence-electron chi connectivity index (χ2n) is 6.94. The average molecular weight is 494 g/mol. The normalized spacial score (nSPS) is 16.4. The number of hydrogen-bond donors (Lipinski definition) is 2. The van der Waals surface area contributed by atoms with Crippen molar-refractivity contribution in [2.45, 2.75) is 66.3 Å². The van der Waals surface area contributed by atoms with Gasteiger partial charge in [0.25, 0.3) is 0 Å². The molecule has 0 unspecified atom stereocenters. The SMILES string of the molecule is CCNC(=NCc1sc(C)nc1C)NCC1(CCOCC)CCCC1.I. The van der Waals surface area contributed by atoms with Gasteiger partial charge in [0.15, 0.2) is 5.96 Å². The fraction of sp³-hybridized carbons (Fsp3) is 0.789. The number of nitrogens with one attached hydrogen (secondary N) is 2. The summed E-state index contributed by atoms with van der Waals surface area (Å²) in [6.45, 7) is 12.5. The third kappa shape index (κ3) is 7.31. The number of aliphatic imine (C=N–C) groups is 1. The number of hydrogen-bond acceptors (Lipinski definition) is 4. The minimum Gasteiger partial charge on any atom is -0.382 e. The van der Waals surface area contributed by atoms with Gasteiger partial charge in [-0.25, -0.2) is 9.98 Å². The molecule has 0 amide bonds. The Morgan fingerprint density at radius 3 is 2.54 bits per heavy atom. The number of halogens is 1. The van der Waals surface area contributed by atoms with Crippen molar-refractivity contribution >= 4 is 41.3 Å². The van der Waals surface area contributed by atoms with E-state index in [9.17, 15) is 0 Å². The van der Waals surface area contributed by atoms with Crippen LogP contribution in [0.15, 0.2) is 4.99 Å². The minimum absolute atomic E-state index is 0. The van der Waals surface area contributed by atoms with E-state index in [4.69, 9.17) is 9.73 Å². The summed E-state index contributed by atoms with van der Waals surface area (Å²) >= 11 is 1.74. The standard InChI is InChI=1S/C19H34N4OS.HI/c1-5-20-18(21-13-17-15(3)23-16(4)25-17)22-14-19(9-7-8-10-19)11-12-24-6-2;/h5-14H2,1-4H3,(H2,20,21,22);1H. The molecule has 0 radical (unpaired) electrons. The third-order valence-corrected chi connectivity index (χ3v) is 6.06. The third-order valence-electron chi connectivity index (χ3n) is 5.00. The van der Waals surface area contributed by atoms with E-state index in [-0.39, 0.29) is 24.0 Å². The predicted octanol–water partition coefficient (Wildman–Crippen LogP) is 4.42. The van der Waals surface area contributed by atoms with E-state index < -0.39 is 0 Å². The molecule has 1 aromatic rings. The first-order chi connectivity index (χ1) is 12.1. The van der Waals surface area contributed by atoms with E-state index in [1.54, 1.807) is 11.3 Å². The van der Waals surface area contributed by atoms with Crippen LogP contribution in [-0.2, 0) is 11.3 Å². The van der Waals surface area contributed by atoms with Gasteiger partial charge in [-0.1, -0.05) is 12.8 Å². The number of ether oxygens (including phenoxy) is 1. The van der Waals surface area contributed by atoms with Gasteiger partial charge in [0.05, 0.1) is 17.2 Å². The predicted molar refractivity (Wildman–Crippen MR) is 122 cm³/mol. The molecule has 1 heterocycles. The number of rotatable bonds is 9. The molecule has 1 aliphatic rings. The van der Waals surface area contributed by atoms with Gasteiger partial charge in [0.2, 0.25) is 0 Å². The zero-order valence-electron chi connectivity index (χ0n) is 16.7. The van der Waals surface area contributed by atoms with E-state index in [0.717, 1.165) is 49.4 Å². The van der Waals surface area contributed by atoms with Gasteiger partial charge in [0.1, 0.15) is 0 Å². The van der Waals surface area contributed by atoms with Crippen molar-refractivity contribution in [1.82, 2.24) is 15.6 Å². The summed E-state index contributed by atoms with van der Waals surface area (Å²) in [5.74, 6) is 0.913. The van der Waals surface area contributed by atoms with Gasteiger partial charge in [-0.15, -0.1) is 35.3 Å². The summed E-state index contributed by atoms with van der Waals surface area (Å²) < 4.78 is 5.62. The average Bonchev–Trinajstić information content (AvgIpc) is 3.17. The van der Waals surface area contributed by atoms with Crippen molar-refractivity contribution < 1.29 is 4.74 Å². The molecule has 1 saturated carbocycles. The van der Waals surface area contributed by atoms with Crippen molar-refractivity contribution in [3.8, 4) is 0 Å². The molecule has 5 nitrogen and oxygen atoms in total. The van der Waals surface area contributed by atoms with E-state index in [0.29, 0.717) is 12.0 Å². The molecule has 26 heavy (non-hydrogen) atoms. The van der Waals surface area contributed by atoms with Gasteiger partial charge in [-0.05, 0) is 52.4 Å². The summed E-state index contributed by atoms with van der Waals surface area (Å²) in [6.07, 6.45) is 6.39. The molecule has 2 rings (SSSR count). The van der Waals surface area contributed by atoms with Crippen molar-refractivity contribution in [2.24, 2.45) is 10.4 Å². The maximum atomic E-state index is 5.62. The quantitative estimate of drug-likeness (QED) is 0.231. The summed E-state index contributed by atoms with van der Waals surface area (Å²) in [5.41, 5.74) is 1.47. The Morgan fingerprint density at radius 2 is 1.96 bits per heavy atom. The zero-order valence-corrected chi connectivity index (χ0v) is 19.8. The molecule has 1 fully saturated rings. The second kappa shape index (κ2) is 12.1. The molecular weight excluding hydrogens is 459 g/mol. The van der Waals surface area contributed by atoms with Crippen LogP contribution in [0.25, 0.3) is 0 Å². The second-order valence-corrected chi connectivity index (χ2v) is 8.23. The molecule has 0 aromatic carbocycles. The lowest BCUT2D eigenvalue weighted by atomic mass is 9.83.